The lowest BCUT2D eigenvalue weighted by Crippen LogP contribution is -2.39. The molecule has 2 aliphatic rings. The highest BCUT2D eigenvalue weighted by atomic mass is 32.2. The molecule has 0 radical (unpaired) electrons. The molecule has 0 aromatic carbocycles. The van der Waals surface area contributed by atoms with Crippen LogP contribution in [0.3, 0.4) is 0 Å². The van der Waals surface area contributed by atoms with E-state index >= 15 is 0 Å². The molecule has 0 bridgehead atoms. The highest BCUT2D eigenvalue weighted by Gasteiger charge is 2.35. The Bertz CT molecular complexity index is 1550. The molecule has 12 heteroatoms. The van der Waals surface area contributed by atoms with Crippen molar-refractivity contribution in [2.45, 2.75) is 62.1 Å². The van der Waals surface area contributed by atoms with Gasteiger partial charge in [0, 0.05) is 30.2 Å². The Hall–Kier alpha value is -3.64. The van der Waals surface area contributed by atoms with Gasteiger partial charge in [-0.15, -0.1) is 11.8 Å². The minimum Gasteiger partial charge on any atom is -0.480 e. The number of pyridine rings is 1. The minimum absolute atomic E-state index is 0.0588. The third kappa shape index (κ3) is 5.06. The Morgan fingerprint density at radius 3 is 2.62 bits per heavy atom. The van der Waals surface area contributed by atoms with Gasteiger partial charge >= 0.3 is 0 Å². The second kappa shape index (κ2) is 10.9. The Morgan fingerprint density at radius 2 is 1.92 bits per heavy atom. The lowest BCUT2D eigenvalue weighted by molar-refractivity contribution is 0.00636. The van der Waals surface area contributed by atoms with Gasteiger partial charge in [-0.1, -0.05) is 6.92 Å². The van der Waals surface area contributed by atoms with Gasteiger partial charge in [-0.05, 0) is 43.6 Å². The molecule has 2 aliphatic carbocycles. The summed E-state index contributed by atoms with van der Waals surface area (Å²) in [5.74, 6) is 2.41. The molecule has 4 aromatic rings. The summed E-state index contributed by atoms with van der Waals surface area (Å²) in [6.07, 6.45) is 8.67. The first kappa shape index (κ1) is 25.6. The molecule has 4 heterocycles. The second-order valence-corrected chi connectivity index (χ2v) is 11.0. The van der Waals surface area contributed by atoms with Crippen LogP contribution in [0.25, 0.3) is 22.6 Å². The zero-order chi connectivity index (χ0) is 26.9. The first-order chi connectivity index (χ1) is 19.1. The van der Waals surface area contributed by atoms with Crippen LogP contribution < -0.4 is 15.6 Å². The first-order valence-electron chi connectivity index (χ1n) is 13.1. The molecule has 11 nitrogen and oxygen atoms in total. The summed E-state index contributed by atoms with van der Waals surface area (Å²) in [6.45, 7) is 2.48. The number of hydrogen-bond acceptors (Lipinski definition) is 11. The van der Waals surface area contributed by atoms with Crippen LogP contribution in [0.15, 0.2) is 40.5 Å². The Morgan fingerprint density at radius 1 is 1.08 bits per heavy atom. The van der Waals surface area contributed by atoms with E-state index in [1.807, 2.05) is 18.3 Å². The fourth-order valence-corrected chi connectivity index (χ4v) is 5.50. The van der Waals surface area contributed by atoms with Gasteiger partial charge in [0.25, 0.3) is 5.56 Å². The van der Waals surface area contributed by atoms with Gasteiger partial charge in [0.2, 0.25) is 5.88 Å². The highest BCUT2D eigenvalue weighted by Crippen LogP contribution is 2.45. The normalized spacial score (nSPS) is 18.6. The smallest absolute Gasteiger partial charge is 0.295 e. The number of ether oxygens (including phenoxy) is 2. The third-order valence-corrected chi connectivity index (χ3v) is 8.03. The van der Waals surface area contributed by atoms with Gasteiger partial charge < -0.3 is 14.8 Å². The van der Waals surface area contributed by atoms with Crippen LogP contribution in [0, 0.1) is 0 Å². The number of methoxy groups -OCH3 is 2. The first-order valence-corrected chi connectivity index (χ1v) is 14.1. The number of thioether (sulfide) groups is 1. The molecule has 2 fully saturated rings. The molecule has 0 unspecified atom stereocenters. The van der Waals surface area contributed by atoms with Crippen molar-refractivity contribution < 1.29 is 9.47 Å². The van der Waals surface area contributed by atoms with Crippen LogP contribution >= 0.6 is 11.8 Å². The lowest BCUT2D eigenvalue weighted by atomic mass is 9.89. The van der Waals surface area contributed by atoms with Crippen LogP contribution in [0.5, 0.6) is 5.88 Å². The van der Waals surface area contributed by atoms with Crippen LogP contribution in [0.4, 0.5) is 5.82 Å². The summed E-state index contributed by atoms with van der Waals surface area (Å²) < 4.78 is 12.8. The highest BCUT2D eigenvalue weighted by molar-refractivity contribution is 7.99. The summed E-state index contributed by atoms with van der Waals surface area (Å²) in [7, 11) is 3.27. The molecule has 0 amide bonds. The number of aromatic nitrogens is 7. The molecular formula is C27H30N8O3S. The number of anilines is 1. The Kier molecular flexibility index (Phi) is 7.13. The third-order valence-electron chi connectivity index (χ3n) is 7.17. The fourth-order valence-electron chi connectivity index (χ4n) is 4.87. The lowest BCUT2D eigenvalue weighted by Gasteiger charge is -2.35. The van der Waals surface area contributed by atoms with E-state index < -0.39 is 0 Å². The monoisotopic (exact) mass is 546 g/mol. The molecule has 1 N–H and O–H groups in total. The van der Waals surface area contributed by atoms with E-state index in [9.17, 15) is 4.79 Å². The summed E-state index contributed by atoms with van der Waals surface area (Å²) >= 11 is 1.74. The predicted octanol–water partition coefficient (Wildman–Crippen LogP) is 4.00. The van der Waals surface area contributed by atoms with Crippen LogP contribution in [0.1, 0.15) is 56.0 Å². The van der Waals surface area contributed by atoms with Crippen molar-refractivity contribution in [3.05, 3.63) is 52.6 Å². The molecule has 39 heavy (non-hydrogen) atoms. The molecule has 0 spiro atoms. The maximum Gasteiger partial charge on any atom is 0.295 e. The number of rotatable bonds is 10. The zero-order valence-electron chi connectivity index (χ0n) is 22.1. The van der Waals surface area contributed by atoms with Gasteiger partial charge in [0.1, 0.15) is 17.4 Å². The molecule has 0 aliphatic heterocycles. The zero-order valence-corrected chi connectivity index (χ0v) is 22.9. The minimum atomic E-state index is -0.233. The molecule has 0 atom stereocenters. The Balaban J connectivity index is 1.40. The summed E-state index contributed by atoms with van der Waals surface area (Å²) in [6, 6.07) is 3.94. The van der Waals surface area contributed by atoms with E-state index in [-0.39, 0.29) is 23.5 Å². The van der Waals surface area contributed by atoms with E-state index in [0.29, 0.717) is 40.9 Å². The van der Waals surface area contributed by atoms with Crippen LogP contribution in [0.2, 0.25) is 0 Å². The van der Waals surface area contributed by atoms with E-state index in [0.717, 1.165) is 47.7 Å². The standard InChI is InChI=1S/C27H30N8O3S/c1-4-39-19-8-7-16(28-12-19)11-29-24-27(36)35(17-9-18(10-17)37-2)25-20(33-24)13-30-23(34-25)21-22(15-5-6-15)31-14-32-26(21)38-3/h7-8,12-15,17-18H,4-6,9-11H2,1-3H3,(H,29,33)/t17-,18-. The quantitative estimate of drug-likeness (QED) is 0.290. The fraction of sp³-hybridized carbons (Fsp3) is 0.444. The maximum absolute atomic E-state index is 13.8. The van der Waals surface area contributed by atoms with Gasteiger partial charge in [-0.25, -0.2) is 24.9 Å². The number of hydrogen-bond donors (Lipinski definition) is 1. The Labute approximate surface area is 229 Å². The number of nitrogens with zero attached hydrogens (tertiary/aromatic N) is 7. The summed E-state index contributed by atoms with van der Waals surface area (Å²) in [5.41, 5.74) is 3.13. The molecular weight excluding hydrogens is 516 g/mol. The average molecular weight is 547 g/mol. The molecule has 6 rings (SSSR count). The van der Waals surface area contributed by atoms with Gasteiger partial charge in [0.15, 0.2) is 17.3 Å². The van der Waals surface area contributed by atoms with Crippen molar-refractivity contribution in [3.8, 4) is 17.3 Å². The van der Waals surface area contributed by atoms with Crippen molar-refractivity contribution in [2.75, 3.05) is 25.3 Å². The van der Waals surface area contributed by atoms with Crippen molar-refractivity contribution >= 4 is 28.7 Å². The van der Waals surface area contributed by atoms with Crippen LogP contribution in [-0.2, 0) is 11.3 Å². The van der Waals surface area contributed by atoms with E-state index in [2.05, 4.69) is 37.2 Å². The second-order valence-electron chi connectivity index (χ2n) is 9.71. The van der Waals surface area contributed by atoms with E-state index in [1.54, 1.807) is 36.7 Å². The van der Waals surface area contributed by atoms with Crippen molar-refractivity contribution in [3.63, 3.8) is 0 Å². The van der Waals surface area contributed by atoms with Crippen molar-refractivity contribution in [1.29, 1.82) is 0 Å². The van der Waals surface area contributed by atoms with Crippen molar-refractivity contribution in [2.24, 2.45) is 0 Å². The summed E-state index contributed by atoms with van der Waals surface area (Å²) in [5, 5.41) is 3.20. The molecule has 4 aromatic heterocycles. The predicted molar refractivity (Wildman–Crippen MR) is 148 cm³/mol. The summed E-state index contributed by atoms with van der Waals surface area (Å²) in [4.78, 5) is 42.4. The van der Waals surface area contributed by atoms with E-state index in [1.165, 1.54) is 6.33 Å². The van der Waals surface area contributed by atoms with Gasteiger partial charge in [-0.2, -0.15) is 0 Å². The molecule has 2 saturated carbocycles. The topological polar surface area (TPSA) is 130 Å². The largest absolute Gasteiger partial charge is 0.480 e. The van der Waals surface area contributed by atoms with E-state index in [4.69, 9.17) is 14.5 Å². The molecule has 202 valence electrons. The molecule has 0 saturated heterocycles. The van der Waals surface area contributed by atoms with Gasteiger partial charge in [0.05, 0.1) is 37.3 Å². The maximum atomic E-state index is 13.8. The number of fused-ring (bicyclic) bond motifs is 1. The average Bonchev–Trinajstić information content (AvgIpc) is 3.78. The number of nitrogens with one attached hydrogen (secondary N) is 1. The van der Waals surface area contributed by atoms with Crippen molar-refractivity contribution in [1.82, 2.24) is 34.5 Å². The van der Waals surface area contributed by atoms with Crippen LogP contribution in [-0.4, -0.2) is 60.5 Å². The SMILES string of the molecule is CCSc1ccc(CNc2nc3cnc(-c4c(OC)ncnc4C4CC4)nc3n([C@H]3C[C@H](OC)C3)c2=O)nc1. The van der Waals surface area contributed by atoms with Gasteiger partial charge in [-0.3, -0.25) is 14.3 Å².